The average molecular weight is 290 g/mol. The highest BCUT2D eigenvalue weighted by Crippen LogP contribution is 2.39. The number of alkyl halides is 3. The fourth-order valence-electron chi connectivity index (χ4n) is 1.65. The van der Waals surface area contributed by atoms with Gasteiger partial charge in [-0.15, -0.1) is 11.3 Å². The summed E-state index contributed by atoms with van der Waals surface area (Å²) < 4.78 is 51.9. The van der Waals surface area contributed by atoms with Crippen LogP contribution in [0.3, 0.4) is 0 Å². The van der Waals surface area contributed by atoms with E-state index >= 15 is 0 Å². The first-order chi connectivity index (χ1) is 8.93. The van der Waals surface area contributed by atoms with E-state index < -0.39 is 16.9 Å². The second-order valence-corrected chi connectivity index (χ2v) is 4.61. The van der Waals surface area contributed by atoms with Gasteiger partial charge < -0.3 is 5.32 Å². The van der Waals surface area contributed by atoms with Gasteiger partial charge in [0.1, 0.15) is 10.7 Å². The highest BCUT2D eigenvalue weighted by molar-refractivity contribution is 7.10. The van der Waals surface area contributed by atoms with E-state index in [1.807, 2.05) is 0 Å². The van der Waals surface area contributed by atoms with Crippen LogP contribution in [0.4, 0.5) is 23.2 Å². The molecular weight excluding hydrogens is 280 g/mol. The van der Waals surface area contributed by atoms with Crippen molar-refractivity contribution in [1.82, 2.24) is 4.98 Å². The number of aromatic nitrogens is 1. The number of hydrogen-bond donors (Lipinski definition) is 1. The number of halogens is 4. The summed E-state index contributed by atoms with van der Waals surface area (Å²) in [7, 11) is 0. The van der Waals surface area contributed by atoms with Crippen LogP contribution in [-0.4, -0.2) is 11.5 Å². The molecule has 1 aromatic carbocycles. The van der Waals surface area contributed by atoms with Crippen molar-refractivity contribution in [3.8, 4) is 11.3 Å². The normalized spacial score (nSPS) is 11.6. The molecule has 2 aromatic rings. The molecule has 0 spiro atoms. The fraction of sp³-hybridized carbons (Fsp3) is 0.250. The lowest BCUT2D eigenvalue weighted by Crippen LogP contribution is -2.04. The number of benzene rings is 1. The zero-order chi connectivity index (χ0) is 14.0. The maximum absolute atomic E-state index is 13.7. The van der Waals surface area contributed by atoms with Crippen LogP contribution < -0.4 is 5.32 Å². The van der Waals surface area contributed by atoms with Crippen molar-refractivity contribution in [2.24, 2.45) is 0 Å². The molecule has 0 amide bonds. The number of rotatable bonds is 3. The van der Waals surface area contributed by atoms with Gasteiger partial charge in [-0.2, -0.15) is 13.2 Å². The SMILES string of the molecule is CCNc1ccc(-c2ncsc2C(F)(F)F)cc1F. The molecule has 0 unspecified atom stereocenters. The molecule has 0 aliphatic heterocycles. The molecule has 1 heterocycles. The Bertz CT molecular complexity index is 577. The molecule has 0 atom stereocenters. The van der Waals surface area contributed by atoms with Gasteiger partial charge in [-0.1, -0.05) is 6.07 Å². The van der Waals surface area contributed by atoms with E-state index in [0.717, 1.165) is 11.6 Å². The van der Waals surface area contributed by atoms with Crippen LogP contribution in [0.1, 0.15) is 11.8 Å². The predicted molar refractivity (Wildman–Crippen MR) is 66.7 cm³/mol. The Kier molecular flexibility index (Phi) is 3.75. The summed E-state index contributed by atoms with van der Waals surface area (Å²) in [5.74, 6) is -0.597. The van der Waals surface area contributed by atoms with E-state index in [1.165, 1.54) is 12.1 Å². The smallest absolute Gasteiger partial charge is 0.383 e. The lowest BCUT2D eigenvalue weighted by atomic mass is 10.1. The number of nitrogens with one attached hydrogen (secondary N) is 1. The highest BCUT2D eigenvalue weighted by Gasteiger charge is 2.36. The summed E-state index contributed by atoms with van der Waals surface area (Å²) in [5, 5.41) is 2.78. The van der Waals surface area contributed by atoms with Crippen LogP contribution in [0.2, 0.25) is 0 Å². The van der Waals surface area contributed by atoms with E-state index in [1.54, 1.807) is 6.92 Å². The van der Waals surface area contributed by atoms with Gasteiger partial charge >= 0.3 is 6.18 Å². The molecule has 2 rings (SSSR count). The molecule has 1 N–H and O–H groups in total. The Morgan fingerprint density at radius 3 is 2.63 bits per heavy atom. The molecule has 0 aliphatic carbocycles. The van der Waals surface area contributed by atoms with Crippen LogP contribution in [-0.2, 0) is 6.18 Å². The van der Waals surface area contributed by atoms with Crippen LogP contribution in [0.15, 0.2) is 23.7 Å². The molecule has 0 bridgehead atoms. The molecule has 0 radical (unpaired) electrons. The van der Waals surface area contributed by atoms with Gasteiger partial charge in [0.15, 0.2) is 0 Å². The van der Waals surface area contributed by atoms with Crippen molar-refractivity contribution in [1.29, 1.82) is 0 Å². The summed E-state index contributed by atoms with van der Waals surface area (Å²) in [6.07, 6.45) is -4.48. The topological polar surface area (TPSA) is 24.9 Å². The standard InChI is InChI=1S/C12H10F4N2S/c1-2-17-9-4-3-7(5-8(9)13)10-11(12(14,15)16)19-6-18-10/h3-6,17H,2H2,1H3. The third kappa shape index (κ3) is 2.86. The lowest BCUT2D eigenvalue weighted by Gasteiger charge is -2.09. The fourth-order valence-corrected chi connectivity index (χ4v) is 2.33. The molecule has 0 saturated heterocycles. The molecule has 19 heavy (non-hydrogen) atoms. The van der Waals surface area contributed by atoms with Gasteiger partial charge in [-0.25, -0.2) is 9.37 Å². The van der Waals surface area contributed by atoms with Gasteiger partial charge in [0.25, 0.3) is 0 Å². The van der Waals surface area contributed by atoms with Crippen LogP contribution in [0, 0.1) is 5.82 Å². The predicted octanol–water partition coefficient (Wildman–Crippen LogP) is 4.40. The Morgan fingerprint density at radius 2 is 2.05 bits per heavy atom. The maximum Gasteiger partial charge on any atom is 0.427 e. The average Bonchev–Trinajstić information content (AvgIpc) is 2.80. The van der Waals surface area contributed by atoms with Crippen molar-refractivity contribution in [2.45, 2.75) is 13.1 Å². The first-order valence-corrected chi connectivity index (χ1v) is 6.36. The van der Waals surface area contributed by atoms with Crippen molar-refractivity contribution in [3.05, 3.63) is 34.4 Å². The minimum Gasteiger partial charge on any atom is -0.383 e. The summed E-state index contributed by atoms with van der Waals surface area (Å²) in [6.45, 7) is 2.33. The zero-order valence-corrected chi connectivity index (χ0v) is 10.7. The second kappa shape index (κ2) is 5.16. The number of nitrogens with zero attached hydrogens (tertiary/aromatic N) is 1. The van der Waals surface area contributed by atoms with E-state index in [-0.39, 0.29) is 16.9 Å². The first kappa shape index (κ1) is 13.8. The van der Waals surface area contributed by atoms with E-state index in [4.69, 9.17) is 0 Å². The van der Waals surface area contributed by atoms with Crippen molar-refractivity contribution in [2.75, 3.05) is 11.9 Å². The Labute approximate surface area is 111 Å². The first-order valence-electron chi connectivity index (χ1n) is 5.48. The molecule has 7 heteroatoms. The monoisotopic (exact) mass is 290 g/mol. The van der Waals surface area contributed by atoms with Gasteiger partial charge in [0.2, 0.25) is 0 Å². The summed E-state index contributed by atoms with van der Waals surface area (Å²) in [4.78, 5) is 2.86. The number of hydrogen-bond acceptors (Lipinski definition) is 3. The maximum atomic E-state index is 13.7. The molecule has 0 aliphatic rings. The van der Waals surface area contributed by atoms with Crippen LogP contribution in [0.5, 0.6) is 0 Å². The Morgan fingerprint density at radius 1 is 1.32 bits per heavy atom. The largest absolute Gasteiger partial charge is 0.427 e. The third-order valence-electron chi connectivity index (χ3n) is 2.43. The Hall–Kier alpha value is -1.63. The van der Waals surface area contributed by atoms with Crippen molar-refractivity contribution in [3.63, 3.8) is 0 Å². The molecule has 2 nitrogen and oxygen atoms in total. The van der Waals surface area contributed by atoms with Crippen molar-refractivity contribution >= 4 is 17.0 Å². The second-order valence-electron chi connectivity index (χ2n) is 3.75. The van der Waals surface area contributed by atoms with Crippen molar-refractivity contribution < 1.29 is 17.6 Å². The molecular formula is C12H10F4N2S. The van der Waals surface area contributed by atoms with Gasteiger partial charge in [-0.3, -0.25) is 0 Å². The molecule has 0 saturated carbocycles. The lowest BCUT2D eigenvalue weighted by molar-refractivity contribution is -0.134. The van der Waals surface area contributed by atoms with Gasteiger partial charge in [0.05, 0.1) is 16.9 Å². The van der Waals surface area contributed by atoms with E-state index in [9.17, 15) is 17.6 Å². The Balaban J connectivity index is 2.43. The molecule has 1 aromatic heterocycles. The highest BCUT2D eigenvalue weighted by atomic mass is 32.1. The number of anilines is 1. The molecule has 0 fully saturated rings. The van der Waals surface area contributed by atoms with Crippen LogP contribution in [0.25, 0.3) is 11.3 Å². The summed E-state index contributed by atoms with van der Waals surface area (Å²) in [5.41, 5.74) is 1.25. The van der Waals surface area contributed by atoms with E-state index in [0.29, 0.717) is 17.9 Å². The summed E-state index contributed by atoms with van der Waals surface area (Å²) in [6, 6.07) is 3.89. The third-order valence-corrected chi connectivity index (χ3v) is 3.31. The molecule has 102 valence electrons. The summed E-state index contributed by atoms with van der Waals surface area (Å²) >= 11 is 0.497. The van der Waals surface area contributed by atoms with Crippen LogP contribution >= 0.6 is 11.3 Å². The van der Waals surface area contributed by atoms with Gasteiger partial charge in [0, 0.05) is 12.1 Å². The zero-order valence-electron chi connectivity index (χ0n) is 9.88. The minimum atomic E-state index is -4.48. The minimum absolute atomic E-state index is 0.118. The van der Waals surface area contributed by atoms with Gasteiger partial charge in [-0.05, 0) is 19.1 Å². The van der Waals surface area contributed by atoms with E-state index in [2.05, 4.69) is 10.3 Å². The number of thiazole rings is 1. The quantitative estimate of drug-likeness (QED) is 0.847.